The zero-order valence-electron chi connectivity index (χ0n) is 14.6. The largest absolute Gasteiger partial charge is 0.481 e. The Morgan fingerprint density at radius 3 is 2.22 bits per heavy atom. The number of aliphatic hydroxyl groups excluding tert-OH is 1. The van der Waals surface area contributed by atoms with Crippen LogP contribution in [-0.4, -0.2) is 22.3 Å². The van der Waals surface area contributed by atoms with Gasteiger partial charge >= 0.3 is 5.97 Å². The Morgan fingerprint density at radius 2 is 1.57 bits per heavy atom. The van der Waals surface area contributed by atoms with E-state index >= 15 is 0 Å². The first-order valence-corrected chi connectivity index (χ1v) is 9.05. The summed E-state index contributed by atoms with van der Waals surface area (Å²) >= 11 is 0. The number of rotatable bonds is 15. The minimum Gasteiger partial charge on any atom is -0.481 e. The number of hydrogen-bond donors (Lipinski definition) is 2. The van der Waals surface area contributed by atoms with Crippen LogP contribution in [0.15, 0.2) is 36.5 Å². The van der Waals surface area contributed by atoms with Crippen LogP contribution < -0.4 is 0 Å². The summed E-state index contributed by atoms with van der Waals surface area (Å²) in [6.07, 6.45) is 22.5. The van der Waals surface area contributed by atoms with Gasteiger partial charge in [0, 0.05) is 6.42 Å². The lowest BCUT2D eigenvalue weighted by Gasteiger charge is -2.03. The van der Waals surface area contributed by atoms with Crippen LogP contribution in [0.2, 0.25) is 0 Å². The minimum absolute atomic E-state index is 0.260. The van der Waals surface area contributed by atoms with Crippen LogP contribution in [0.4, 0.5) is 0 Å². The summed E-state index contributed by atoms with van der Waals surface area (Å²) in [4.78, 5) is 10.3. The fourth-order valence-corrected chi connectivity index (χ4v) is 2.20. The van der Waals surface area contributed by atoms with E-state index in [0.29, 0.717) is 0 Å². The van der Waals surface area contributed by atoms with Gasteiger partial charge in [-0.15, -0.1) is 0 Å². The van der Waals surface area contributed by atoms with Crippen molar-refractivity contribution in [2.45, 2.75) is 83.7 Å². The molecule has 132 valence electrons. The molecule has 0 aliphatic rings. The van der Waals surface area contributed by atoms with Crippen molar-refractivity contribution in [2.24, 2.45) is 0 Å². The molecular formula is C20H34O3. The molecule has 0 aromatic rings. The second-order valence-corrected chi connectivity index (χ2v) is 5.92. The third-order valence-corrected chi connectivity index (χ3v) is 3.60. The predicted octanol–water partition coefficient (Wildman–Crippen LogP) is 5.41. The number of aliphatic hydroxyl groups is 1. The van der Waals surface area contributed by atoms with E-state index in [0.717, 1.165) is 51.4 Å². The Hall–Kier alpha value is -1.35. The Bertz CT molecular complexity index is 356. The fourth-order valence-electron chi connectivity index (χ4n) is 2.20. The van der Waals surface area contributed by atoms with Crippen LogP contribution in [0.3, 0.4) is 0 Å². The van der Waals surface area contributed by atoms with Crippen molar-refractivity contribution >= 4 is 5.97 Å². The van der Waals surface area contributed by atoms with Gasteiger partial charge in [-0.1, -0.05) is 62.6 Å². The number of carboxylic acid groups (broad SMARTS) is 1. The second kappa shape index (κ2) is 17.0. The summed E-state index contributed by atoms with van der Waals surface area (Å²) in [7, 11) is 0. The first-order valence-electron chi connectivity index (χ1n) is 9.05. The van der Waals surface area contributed by atoms with Crippen molar-refractivity contribution in [1.29, 1.82) is 0 Å². The van der Waals surface area contributed by atoms with Crippen LogP contribution in [0.5, 0.6) is 0 Å². The smallest absolute Gasteiger partial charge is 0.303 e. The molecule has 3 heteroatoms. The lowest BCUT2D eigenvalue weighted by Crippen LogP contribution is -2.00. The van der Waals surface area contributed by atoms with Crippen molar-refractivity contribution in [3.8, 4) is 0 Å². The maximum Gasteiger partial charge on any atom is 0.303 e. The van der Waals surface area contributed by atoms with Crippen LogP contribution in [0, 0.1) is 0 Å². The molecule has 2 N–H and O–H groups in total. The normalized spacial score (nSPS) is 13.5. The Labute approximate surface area is 141 Å². The third kappa shape index (κ3) is 18.6. The number of allylic oxidation sites excluding steroid dienone is 5. The summed E-state index contributed by atoms with van der Waals surface area (Å²) in [5, 5.41) is 18.2. The zero-order valence-corrected chi connectivity index (χ0v) is 14.6. The van der Waals surface area contributed by atoms with Crippen LogP contribution in [0.1, 0.15) is 77.6 Å². The highest BCUT2D eigenvalue weighted by atomic mass is 16.4. The average Bonchev–Trinajstić information content (AvgIpc) is 2.51. The van der Waals surface area contributed by atoms with Gasteiger partial charge in [0.05, 0.1) is 6.10 Å². The molecule has 0 spiro atoms. The zero-order chi connectivity index (χ0) is 17.2. The number of carboxylic acids is 1. The molecule has 0 aromatic heterocycles. The molecule has 0 radical (unpaired) electrons. The van der Waals surface area contributed by atoms with Crippen molar-refractivity contribution < 1.29 is 15.0 Å². The van der Waals surface area contributed by atoms with E-state index in [2.05, 4.69) is 25.2 Å². The van der Waals surface area contributed by atoms with Crippen molar-refractivity contribution in [1.82, 2.24) is 0 Å². The van der Waals surface area contributed by atoms with Gasteiger partial charge in [0.15, 0.2) is 0 Å². The molecule has 0 aliphatic carbocycles. The SMILES string of the molecule is CCCCCC(O)/C=C/C=C\CCCC/C=C\CCCC(=O)O. The van der Waals surface area contributed by atoms with E-state index < -0.39 is 5.97 Å². The van der Waals surface area contributed by atoms with Gasteiger partial charge in [-0.25, -0.2) is 0 Å². The molecule has 0 fully saturated rings. The topological polar surface area (TPSA) is 57.5 Å². The van der Waals surface area contributed by atoms with Gasteiger partial charge in [-0.05, 0) is 44.9 Å². The Morgan fingerprint density at radius 1 is 0.913 bits per heavy atom. The first kappa shape index (κ1) is 21.6. The number of aliphatic carboxylic acids is 1. The highest BCUT2D eigenvalue weighted by Gasteiger charge is 1.96. The standard InChI is InChI=1S/C20H34O3/c1-2-3-13-16-19(21)17-14-11-9-7-5-4-6-8-10-12-15-18-20(22)23/h8-11,14,17,19,21H,2-7,12-13,15-16,18H2,1H3,(H,22,23)/b10-8-,11-9-,17-14+. The molecule has 0 aliphatic heterocycles. The molecule has 23 heavy (non-hydrogen) atoms. The maximum absolute atomic E-state index is 10.3. The van der Waals surface area contributed by atoms with E-state index in [4.69, 9.17) is 5.11 Å². The fraction of sp³-hybridized carbons (Fsp3) is 0.650. The molecular weight excluding hydrogens is 288 g/mol. The van der Waals surface area contributed by atoms with Crippen molar-refractivity contribution in [3.05, 3.63) is 36.5 Å². The second-order valence-electron chi connectivity index (χ2n) is 5.92. The van der Waals surface area contributed by atoms with E-state index in [9.17, 15) is 9.90 Å². The third-order valence-electron chi connectivity index (χ3n) is 3.60. The van der Waals surface area contributed by atoms with E-state index in [-0.39, 0.29) is 12.5 Å². The van der Waals surface area contributed by atoms with Crippen molar-refractivity contribution in [2.75, 3.05) is 0 Å². The molecule has 0 saturated heterocycles. The van der Waals surface area contributed by atoms with Crippen LogP contribution in [0.25, 0.3) is 0 Å². The summed E-state index contributed by atoms with van der Waals surface area (Å²) in [5.41, 5.74) is 0. The van der Waals surface area contributed by atoms with Crippen LogP contribution in [-0.2, 0) is 4.79 Å². The van der Waals surface area contributed by atoms with Gasteiger partial charge in [-0.2, -0.15) is 0 Å². The maximum atomic E-state index is 10.3. The Kier molecular flexibility index (Phi) is 16.0. The highest BCUT2D eigenvalue weighted by Crippen LogP contribution is 2.05. The minimum atomic E-state index is -0.715. The number of unbranched alkanes of at least 4 members (excludes halogenated alkanes) is 6. The van der Waals surface area contributed by atoms with E-state index in [1.165, 1.54) is 12.8 Å². The molecule has 1 unspecified atom stereocenters. The predicted molar refractivity (Wildman–Crippen MR) is 97.5 cm³/mol. The molecule has 0 rings (SSSR count). The van der Waals surface area contributed by atoms with Gasteiger partial charge in [0.2, 0.25) is 0 Å². The first-order chi connectivity index (χ1) is 11.2. The van der Waals surface area contributed by atoms with Gasteiger partial charge in [-0.3, -0.25) is 4.79 Å². The van der Waals surface area contributed by atoms with Gasteiger partial charge in [0.1, 0.15) is 0 Å². The molecule has 3 nitrogen and oxygen atoms in total. The molecule has 0 amide bonds. The number of hydrogen-bond acceptors (Lipinski definition) is 2. The van der Waals surface area contributed by atoms with E-state index in [1.54, 1.807) is 0 Å². The summed E-state index contributed by atoms with van der Waals surface area (Å²) < 4.78 is 0. The van der Waals surface area contributed by atoms with Gasteiger partial charge in [0.25, 0.3) is 0 Å². The van der Waals surface area contributed by atoms with Crippen molar-refractivity contribution in [3.63, 3.8) is 0 Å². The summed E-state index contributed by atoms with van der Waals surface area (Å²) in [6.45, 7) is 2.17. The highest BCUT2D eigenvalue weighted by molar-refractivity contribution is 5.66. The lowest BCUT2D eigenvalue weighted by atomic mass is 10.1. The quantitative estimate of drug-likeness (QED) is 0.241. The average molecular weight is 322 g/mol. The molecule has 0 saturated carbocycles. The Balaban J connectivity index is 3.43. The molecule has 0 aromatic carbocycles. The summed E-state index contributed by atoms with van der Waals surface area (Å²) in [5.74, 6) is -0.715. The molecule has 1 atom stereocenters. The monoisotopic (exact) mass is 322 g/mol. The van der Waals surface area contributed by atoms with E-state index in [1.807, 2.05) is 18.2 Å². The van der Waals surface area contributed by atoms with Gasteiger partial charge < -0.3 is 10.2 Å². The molecule has 0 bridgehead atoms. The number of carbonyl (C=O) groups is 1. The molecule has 0 heterocycles. The van der Waals surface area contributed by atoms with Crippen LogP contribution >= 0.6 is 0 Å². The summed E-state index contributed by atoms with van der Waals surface area (Å²) in [6, 6.07) is 0. The lowest BCUT2D eigenvalue weighted by molar-refractivity contribution is -0.137.